The van der Waals surface area contributed by atoms with Crippen molar-refractivity contribution in [2.45, 2.75) is 33.2 Å². The van der Waals surface area contributed by atoms with Crippen LogP contribution in [0.3, 0.4) is 0 Å². The predicted molar refractivity (Wildman–Crippen MR) is 91.9 cm³/mol. The van der Waals surface area contributed by atoms with Crippen LogP contribution < -0.4 is 10.6 Å². The van der Waals surface area contributed by atoms with Crippen molar-refractivity contribution in [2.75, 3.05) is 27.2 Å². The van der Waals surface area contributed by atoms with E-state index < -0.39 is 0 Å². The molecule has 0 aliphatic rings. The van der Waals surface area contributed by atoms with E-state index in [2.05, 4.69) is 46.8 Å². The van der Waals surface area contributed by atoms with Crippen LogP contribution in [0.25, 0.3) is 0 Å². The Kier molecular flexibility index (Phi) is 8.04. The number of nitrogens with one attached hydrogen (secondary N) is 2. The molecule has 1 aromatic carbocycles. The lowest BCUT2D eigenvalue weighted by Gasteiger charge is -2.22. The Morgan fingerprint density at radius 2 is 1.77 bits per heavy atom. The van der Waals surface area contributed by atoms with Crippen molar-refractivity contribution >= 4 is 11.9 Å². The van der Waals surface area contributed by atoms with Gasteiger partial charge >= 0.3 is 0 Å². The van der Waals surface area contributed by atoms with Crippen LogP contribution in [-0.4, -0.2) is 44.0 Å². The van der Waals surface area contributed by atoms with Gasteiger partial charge in [0.25, 0.3) is 0 Å². The zero-order valence-corrected chi connectivity index (χ0v) is 14.1. The third-order valence-electron chi connectivity index (χ3n) is 3.40. The molecule has 0 saturated carbocycles. The van der Waals surface area contributed by atoms with Crippen LogP contribution in [0.4, 0.5) is 0 Å². The molecule has 0 heterocycles. The van der Waals surface area contributed by atoms with Gasteiger partial charge in [-0.3, -0.25) is 9.79 Å². The first-order valence-electron chi connectivity index (χ1n) is 7.87. The number of amides is 1. The number of guanidine groups is 1. The van der Waals surface area contributed by atoms with Crippen molar-refractivity contribution in [3.05, 3.63) is 35.4 Å². The van der Waals surface area contributed by atoms with E-state index in [1.54, 1.807) is 7.05 Å². The van der Waals surface area contributed by atoms with Crippen molar-refractivity contribution in [1.82, 2.24) is 15.5 Å². The number of aryl methyl sites for hydroxylation is 1. The minimum Gasteiger partial charge on any atom is -0.355 e. The predicted octanol–water partition coefficient (Wildman–Crippen LogP) is 1.78. The number of rotatable bonds is 7. The molecule has 2 N–H and O–H groups in total. The van der Waals surface area contributed by atoms with Gasteiger partial charge in [0.05, 0.1) is 6.54 Å². The molecule has 1 amide bonds. The van der Waals surface area contributed by atoms with E-state index >= 15 is 0 Å². The molecule has 0 spiro atoms. The average molecular weight is 304 g/mol. The van der Waals surface area contributed by atoms with E-state index in [1.807, 2.05) is 18.9 Å². The maximum absolute atomic E-state index is 11.6. The molecule has 0 aliphatic carbocycles. The van der Waals surface area contributed by atoms with Gasteiger partial charge in [-0.1, -0.05) is 38.1 Å². The van der Waals surface area contributed by atoms with Gasteiger partial charge in [-0.2, -0.15) is 0 Å². The van der Waals surface area contributed by atoms with Gasteiger partial charge in [-0.15, -0.1) is 0 Å². The Balaban J connectivity index is 2.49. The van der Waals surface area contributed by atoms with Crippen LogP contribution in [0.1, 0.15) is 31.4 Å². The minimum absolute atomic E-state index is 0.0105. The first kappa shape index (κ1) is 18.0. The van der Waals surface area contributed by atoms with Crippen molar-refractivity contribution in [1.29, 1.82) is 0 Å². The van der Waals surface area contributed by atoms with Gasteiger partial charge < -0.3 is 15.5 Å². The standard InChI is InChI=1S/C17H28N4O/c1-5-11-19-16(22)12-20-17(18-3)21(4)13-15-9-7-14(6-2)8-10-15/h7-10H,5-6,11-13H2,1-4H3,(H,18,20)(H,19,22). The van der Waals surface area contributed by atoms with Crippen LogP contribution >= 0.6 is 0 Å². The second kappa shape index (κ2) is 9.82. The number of benzene rings is 1. The van der Waals surface area contributed by atoms with Crippen LogP contribution in [-0.2, 0) is 17.8 Å². The summed E-state index contributed by atoms with van der Waals surface area (Å²) in [4.78, 5) is 17.9. The fourth-order valence-electron chi connectivity index (χ4n) is 2.10. The molecule has 0 fully saturated rings. The van der Waals surface area contributed by atoms with Gasteiger partial charge in [0.2, 0.25) is 5.91 Å². The van der Waals surface area contributed by atoms with Gasteiger partial charge in [0.1, 0.15) is 0 Å². The molecular formula is C17H28N4O. The molecule has 0 atom stereocenters. The SMILES string of the molecule is CCCNC(=O)CNC(=NC)N(C)Cc1ccc(CC)cc1. The maximum atomic E-state index is 11.6. The molecule has 1 aromatic rings. The maximum Gasteiger partial charge on any atom is 0.239 e. The lowest BCUT2D eigenvalue weighted by atomic mass is 10.1. The van der Waals surface area contributed by atoms with Crippen molar-refractivity contribution in [2.24, 2.45) is 4.99 Å². The highest BCUT2D eigenvalue weighted by molar-refractivity contribution is 5.86. The average Bonchev–Trinajstić information content (AvgIpc) is 2.54. The van der Waals surface area contributed by atoms with Crippen LogP contribution in [0.2, 0.25) is 0 Å². The van der Waals surface area contributed by atoms with Crippen molar-refractivity contribution in [3.63, 3.8) is 0 Å². The molecule has 0 aromatic heterocycles. The summed E-state index contributed by atoms with van der Waals surface area (Å²) in [5, 5.41) is 5.92. The summed E-state index contributed by atoms with van der Waals surface area (Å²) in [7, 11) is 3.69. The molecule has 122 valence electrons. The zero-order chi connectivity index (χ0) is 16.4. The number of nitrogens with zero attached hydrogens (tertiary/aromatic N) is 2. The molecule has 0 saturated heterocycles. The molecule has 0 aliphatic heterocycles. The molecule has 5 nitrogen and oxygen atoms in total. The Morgan fingerprint density at radius 1 is 1.14 bits per heavy atom. The van der Waals surface area contributed by atoms with E-state index in [0.29, 0.717) is 12.5 Å². The lowest BCUT2D eigenvalue weighted by molar-refractivity contribution is -0.120. The summed E-state index contributed by atoms with van der Waals surface area (Å²) >= 11 is 0. The summed E-state index contributed by atoms with van der Waals surface area (Å²) in [6.07, 6.45) is 1.99. The van der Waals surface area contributed by atoms with E-state index in [-0.39, 0.29) is 12.5 Å². The number of hydrogen-bond donors (Lipinski definition) is 2. The lowest BCUT2D eigenvalue weighted by Crippen LogP contribution is -2.43. The summed E-state index contributed by atoms with van der Waals surface area (Å²) in [6, 6.07) is 8.57. The summed E-state index contributed by atoms with van der Waals surface area (Å²) in [5.41, 5.74) is 2.56. The van der Waals surface area contributed by atoms with E-state index in [4.69, 9.17) is 0 Å². The second-order valence-electron chi connectivity index (χ2n) is 5.28. The first-order valence-corrected chi connectivity index (χ1v) is 7.87. The van der Waals surface area contributed by atoms with Crippen molar-refractivity contribution in [3.8, 4) is 0 Å². The van der Waals surface area contributed by atoms with Gasteiger partial charge in [0.15, 0.2) is 5.96 Å². The second-order valence-corrected chi connectivity index (χ2v) is 5.28. The third-order valence-corrected chi connectivity index (χ3v) is 3.40. The third kappa shape index (κ3) is 6.16. The number of hydrogen-bond acceptors (Lipinski definition) is 2. The highest BCUT2D eigenvalue weighted by Crippen LogP contribution is 2.07. The Bertz CT molecular complexity index is 482. The normalized spacial score (nSPS) is 11.2. The number of carbonyl (C=O) groups excluding carboxylic acids is 1. The van der Waals surface area contributed by atoms with Crippen LogP contribution in [0.15, 0.2) is 29.3 Å². The Morgan fingerprint density at radius 3 is 2.32 bits per heavy atom. The molecular weight excluding hydrogens is 276 g/mol. The van der Waals surface area contributed by atoms with Gasteiger partial charge in [0, 0.05) is 27.2 Å². The van der Waals surface area contributed by atoms with Gasteiger partial charge in [-0.05, 0) is 24.0 Å². The van der Waals surface area contributed by atoms with E-state index in [1.165, 1.54) is 11.1 Å². The summed E-state index contributed by atoms with van der Waals surface area (Å²) < 4.78 is 0. The van der Waals surface area contributed by atoms with Crippen molar-refractivity contribution < 1.29 is 4.79 Å². The minimum atomic E-state index is -0.0105. The van der Waals surface area contributed by atoms with E-state index in [0.717, 1.165) is 19.4 Å². The van der Waals surface area contributed by atoms with E-state index in [9.17, 15) is 4.79 Å². The smallest absolute Gasteiger partial charge is 0.239 e. The fourth-order valence-corrected chi connectivity index (χ4v) is 2.10. The highest BCUT2D eigenvalue weighted by atomic mass is 16.1. The summed E-state index contributed by atoms with van der Waals surface area (Å²) in [6.45, 7) is 5.88. The first-order chi connectivity index (χ1) is 10.6. The number of carbonyl (C=O) groups is 1. The molecule has 0 bridgehead atoms. The highest BCUT2D eigenvalue weighted by Gasteiger charge is 2.08. The largest absolute Gasteiger partial charge is 0.355 e. The zero-order valence-electron chi connectivity index (χ0n) is 14.1. The Hall–Kier alpha value is -2.04. The quantitative estimate of drug-likeness (QED) is 0.596. The molecule has 0 radical (unpaired) electrons. The fraction of sp³-hybridized carbons (Fsp3) is 0.529. The summed E-state index contributed by atoms with van der Waals surface area (Å²) in [5.74, 6) is 0.704. The molecule has 5 heteroatoms. The molecule has 22 heavy (non-hydrogen) atoms. The number of aliphatic imine (C=N–C) groups is 1. The molecule has 0 unspecified atom stereocenters. The van der Waals surface area contributed by atoms with Crippen LogP contribution in [0, 0.1) is 0 Å². The van der Waals surface area contributed by atoms with Gasteiger partial charge in [-0.25, -0.2) is 0 Å². The van der Waals surface area contributed by atoms with Crippen LogP contribution in [0.5, 0.6) is 0 Å². The topological polar surface area (TPSA) is 56.7 Å². The molecule has 1 rings (SSSR count). The Labute approximate surface area is 133 Å². The monoisotopic (exact) mass is 304 g/mol.